The molecule has 0 spiro atoms. The first kappa shape index (κ1) is 14.6. The van der Waals surface area contributed by atoms with E-state index < -0.39 is 11.9 Å². The van der Waals surface area contributed by atoms with Gasteiger partial charge in [-0.05, 0) is 17.7 Å². The molecule has 0 fully saturated rings. The molecular weight excluding hydrogens is 274 g/mol. The molecule has 2 aromatic rings. The smallest absolute Gasteiger partial charge is 0.354 e. The van der Waals surface area contributed by atoms with E-state index in [4.69, 9.17) is 9.84 Å². The number of nitrogens with zero attached hydrogens (tertiary/aromatic N) is 2. The topological polar surface area (TPSA) is 93.5 Å². The third-order valence-corrected chi connectivity index (χ3v) is 3.00. The molecule has 1 amide bonds. The molecule has 21 heavy (non-hydrogen) atoms. The first-order valence-corrected chi connectivity index (χ1v) is 6.19. The van der Waals surface area contributed by atoms with Gasteiger partial charge >= 0.3 is 5.97 Å². The van der Waals surface area contributed by atoms with Crippen molar-refractivity contribution in [1.29, 1.82) is 0 Å². The number of carboxylic acid groups (broad SMARTS) is 1. The highest BCUT2D eigenvalue weighted by Gasteiger charge is 2.21. The van der Waals surface area contributed by atoms with Gasteiger partial charge in [0.15, 0.2) is 5.69 Å². The number of hydrogen-bond acceptors (Lipinski definition) is 4. The summed E-state index contributed by atoms with van der Waals surface area (Å²) in [6.45, 7) is 0.288. The van der Waals surface area contributed by atoms with Gasteiger partial charge in [0.1, 0.15) is 5.75 Å². The second-order valence-corrected chi connectivity index (χ2v) is 4.37. The number of nitrogens with one attached hydrogen (secondary N) is 1. The van der Waals surface area contributed by atoms with Gasteiger partial charge in [0, 0.05) is 13.6 Å². The fourth-order valence-electron chi connectivity index (χ4n) is 1.88. The molecule has 7 nitrogen and oxygen atoms in total. The number of carboxylic acids is 1. The van der Waals surface area contributed by atoms with Crippen LogP contribution in [0.15, 0.2) is 30.5 Å². The largest absolute Gasteiger partial charge is 0.497 e. The average molecular weight is 289 g/mol. The molecule has 0 bridgehead atoms. The molecule has 0 saturated carbocycles. The van der Waals surface area contributed by atoms with E-state index >= 15 is 0 Å². The van der Waals surface area contributed by atoms with Gasteiger partial charge in [0.05, 0.1) is 18.9 Å². The summed E-state index contributed by atoms with van der Waals surface area (Å²) in [7, 11) is 3.05. The third-order valence-electron chi connectivity index (χ3n) is 3.00. The van der Waals surface area contributed by atoms with Crippen molar-refractivity contribution in [2.45, 2.75) is 6.54 Å². The summed E-state index contributed by atoms with van der Waals surface area (Å²) in [4.78, 5) is 23.1. The van der Waals surface area contributed by atoms with Gasteiger partial charge in [-0.15, -0.1) is 0 Å². The highest BCUT2D eigenvalue weighted by molar-refractivity contribution is 6.03. The van der Waals surface area contributed by atoms with Crippen LogP contribution < -0.4 is 10.1 Å². The third kappa shape index (κ3) is 3.19. The summed E-state index contributed by atoms with van der Waals surface area (Å²) in [5.74, 6) is -0.939. The summed E-state index contributed by atoms with van der Waals surface area (Å²) >= 11 is 0. The molecule has 0 aliphatic carbocycles. The molecule has 2 N–H and O–H groups in total. The molecule has 2 rings (SSSR count). The number of rotatable bonds is 5. The summed E-state index contributed by atoms with van der Waals surface area (Å²) in [6, 6.07) is 7.21. The molecule has 0 atom stereocenters. The van der Waals surface area contributed by atoms with E-state index in [1.165, 1.54) is 13.2 Å². The summed E-state index contributed by atoms with van der Waals surface area (Å²) in [5.41, 5.74) is 0.783. The Morgan fingerprint density at radius 3 is 2.57 bits per heavy atom. The number of aromatic nitrogens is 2. The average Bonchev–Trinajstić information content (AvgIpc) is 2.87. The van der Waals surface area contributed by atoms with Crippen LogP contribution in [0.3, 0.4) is 0 Å². The Morgan fingerprint density at radius 2 is 2.00 bits per heavy atom. The fourth-order valence-corrected chi connectivity index (χ4v) is 1.88. The van der Waals surface area contributed by atoms with Crippen LogP contribution in [0, 0.1) is 0 Å². The van der Waals surface area contributed by atoms with Gasteiger partial charge in [-0.2, -0.15) is 5.10 Å². The second kappa shape index (κ2) is 6.08. The van der Waals surface area contributed by atoms with E-state index in [1.54, 1.807) is 19.2 Å². The minimum Gasteiger partial charge on any atom is -0.497 e. The molecule has 1 aromatic carbocycles. The van der Waals surface area contributed by atoms with Gasteiger partial charge in [-0.25, -0.2) is 4.79 Å². The number of aromatic carboxylic acids is 1. The van der Waals surface area contributed by atoms with Crippen molar-refractivity contribution < 1.29 is 19.4 Å². The van der Waals surface area contributed by atoms with Crippen molar-refractivity contribution >= 4 is 11.9 Å². The lowest BCUT2D eigenvalue weighted by molar-refractivity contribution is 0.0679. The molecule has 7 heteroatoms. The Bertz CT molecular complexity index is 661. The monoisotopic (exact) mass is 289 g/mol. The van der Waals surface area contributed by atoms with Crippen LogP contribution >= 0.6 is 0 Å². The van der Waals surface area contributed by atoms with Crippen LogP contribution in [0.1, 0.15) is 26.4 Å². The van der Waals surface area contributed by atoms with Crippen molar-refractivity contribution in [3.63, 3.8) is 0 Å². The Morgan fingerprint density at radius 1 is 1.33 bits per heavy atom. The van der Waals surface area contributed by atoms with Crippen LogP contribution in [-0.2, 0) is 13.6 Å². The van der Waals surface area contributed by atoms with Crippen LogP contribution in [0.25, 0.3) is 0 Å². The van der Waals surface area contributed by atoms with Crippen LogP contribution in [0.2, 0.25) is 0 Å². The Hall–Kier alpha value is -2.83. The lowest BCUT2D eigenvalue weighted by atomic mass is 10.2. The van der Waals surface area contributed by atoms with Gasteiger partial charge in [-0.1, -0.05) is 12.1 Å². The molecule has 0 aliphatic rings. The molecule has 1 aromatic heterocycles. The zero-order valence-electron chi connectivity index (χ0n) is 11.7. The van der Waals surface area contributed by atoms with Crippen molar-refractivity contribution in [2.75, 3.05) is 7.11 Å². The second-order valence-electron chi connectivity index (χ2n) is 4.37. The lowest BCUT2D eigenvalue weighted by Gasteiger charge is -2.06. The van der Waals surface area contributed by atoms with E-state index in [2.05, 4.69) is 10.4 Å². The van der Waals surface area contributed by atoms with E-state index in [1.807, 2.05) is 12.1 Å². The fraction of sp³-hybridized carbons (Fsp3) is 0.214. The number of amides is 1. The van der Waals surface area contributed by atoms with E-state index in [0.29, 0.717) is 0 Å². The molecule has 1 heterocycles. The molecule has 0 aliphatic heterocycles. The molecule has 0 radical (unpaired) electrons. The maximum absolute atomic E-state index is 12.0. The number of hydrogen-bond donors (Lipinski definition) is 2. The first-order chi connectivity index (χ1) is 10.0. The molecule has 0 unspecified atom stereocenters. The Labute approximate surface area is 121 Å². The summed E-state index contributed by atoms with van der Waals surface area (Å²) in [6.07, 6.45) is 1.24. The molecule has 0 saturated heterocycles. The van der Waals surface area contributed by atoms with E-state index in [0.717, 1.165) is 16.0 Å². The molecular formula is C14H15N3O4. The number of benzene rings is 1. The van der Waals surface area contributed by atoms with Crippen molar-refractivity contribution in [2.24, 2.45) is 7.05 Å². The normalized spacial score (nSPS) is 10.2. The zero-order chi connectivity index (χ0) is 15.4. The maximum Gasteiger partial charge on any atom is 0.354 e. The minimum atomic E-state index is -1.19. The zero-order valence-corrected chi connectivity index (χ0v) is 11.7. The SMILES string of the molecule is COc1ccc(CNC(=O)c2cnn(C)c2C(=O)O)cc1. The number of aryl methyl sites for hydroxylation is 1. The Kier molecular flexibility index (Phi) is 4.22. The number of ether oxygens (including phenoxy) is 1. The van der Waals surface area contributed by atoms with Gasteiger partial charge in [-0.3, -0.25) is 9.48 Å². The lowest BCUT2D eigenvalue weighted by Crippen LogP contribution is -2.24. The van der Waals surface area contributed by atoms with Crippen LogP contribution in [0.4, 0.5) is 0 Å². The van der Waals surface area contributed by atoms with Crippen molar-refractivity contribution in [3.05, 3.63) is 47.3 Å². The van der Waals surface area contributed by atoms with Crippen LogP contribution in [-0.4, -0.2) is 33.9 Å². The van der Waals surface area contributed by atoms with E-state index in [9.17, 15) is 9.59 Å². The van der Waals surface area contributed by atoms with Gasteiger partial charge in [0.2, 0.25) is 0 Å². The highest BCUT2D eigenvalue weighted by atomic mass is 16.5. The quantitative estimate of drug-likeness (QED) is 0.858. The minimum absolute atomic E-state index is 0.0403. The van der Waals surface area contributed by atoms with Crippen molar-refractivity contribution in [3.8, 4) is 5.75 Å². The Balaban J connectivity index is 2.06. The highest BCUT2D eigenvalue weighted by Crippen LogP contribution is 2.12. The maximum atomic E-state index is 12.0. The predicted molar refractivity (Wildman–Crippen MR) is 74.3 cm³/mol. The first-order valence-electron chi connectivity index (χ1n) is 6.19. The molecule has 110 valence electrons. The number of carbonyl (C=O) groups is 2. The van der Waals surface area contributed by atoms with Gasteiger partial charge < -0.3 is 15.2 Å². The number of methoxy groups -OCH3 is 1. The summed E-state index contributed by atoms with van der Waals surface area (Å²) in [5, 5.41) is 15.5. The summed E-state index contributed by atoms with van der Waals surface area (Å²) < 4.78 is 6.20. The van der Waals surface area contributed by atoms with Gasteiger partial charge in [0.25, 0.3) is 5.91 Å². The number of carbonyl (C=O) groups excluding carboxylic acids is 1. The standard InChI is InChI=1S/C14H15N3O4/c1-17-12(14(19)20)11(8-16-17)13(18)15-7-9-3-5-10(21-2)6-4-9/h3-6,8H,7H2,1-2H3,(H,15,18)(H,19,20). The van der Waals surface area contributed by atoms with E-state index in [-0.39, 0.29) is 17.8 Å². The van der Waals surface area contributed by atoms with Crippen molar-refractivity contribution in [1.82, 2.24) is 15.1 Å². The van der Waals surface area contributed by atoms with Crippen LogP contribution in [0.5, 0.6) is 5.75 Å². The predicted octanol–water partition coefficient (Wildman–Crippen LogP) is 1.06.